The summed E-state index contributed by atoms with van der Waals surface area (Å²) in [5.74, 6) is -0.768. The van der Waals surface area contributed by atoms with E-state index in [0.29, 0.717) is 0 Å². The van der Waals surface area contributed by atoms with Crippen LogP contribution in [-0.2, 0) is 9.59 Å². The molecule has 1 rings (SSSR count). The summed E-state index contributed by atoms with van der Waals surface area (Å²) < 4.78 is 0. The van der Waals surface area contributed by atoms with Crippen molar-refractivity contribution in [2.45, 2.75) is 11.8 Å². The number of allylic oxidation sites excluding steroid dienone is 2. The number of carbonyl (C=O) groups excluding carboxylic acids is 2. The van der Waals surface area contributed by atoms with Crippen LogP contribution in [0.3, 0.4) is 0 Å². The van der Waals surface area contributed by atoms with Crippen LogP contribution in [0, 0.1) is 0 Å². The Morgan fingerprint density at radius 3 is 2.60 bits per heavy atom. The van der Waals surface area contributed by atoms with Crippen LogP contribution >= 0.6 is 23.2 Å². The molecule has 0 aromatic heterocycles. The Balaban J connectivity index is 2.91. The molecule has 0 saturated carbocycles. The van der Waals surface area contributed by atoms with Gasteiger partial charge in [-0.05, 0) is 0 Å². The zero-order valence-corrected chi connectivity index (χ0v) is 6.45. The minimum absolute atomic E-state index is 0.0691. The molecule has 0 aromatic rings. The van der Waals surface area contributed by atoms with E-state index in [1.165, 1.54) is 6.08 Å². The SMILES string of the molecule is O=C1CC=C(Cl)C(=O)C1Cl. The smallest absolute Gasteiger partial charge is 0.199 e. The zero-order valence-electron chi connectivity index (χ0n) is 4.93. The molecule has 0 bridgehead atoms. The predicted octanol–water partition coefficient (Wildman–Crippen LogP) is 1.26. The second-order valence-electron chi connectivity index (χ2n) is 1.95. The van der Waals surface area contributed by atoms with E-state index in [1.807, 2.05) is 0 Å². The summed E-state index contributed by atoms with van der Waals surface area (Å²) in [6.45, 7) is 0. The second kappa shape index (κ2) is 2.72. The number of hydrogen-bond acceptors (Lipinski definition) is 2. The predicted molar refractivity (Wildman–Crippen MR) is 38.2 cm³/mol. The molecule has 0 radical (unpaired) electrons. The maximum atomic E-state index is 10.8. The monoisotopic (exact) mass is 178 g/mol. The molecular formula is C6H4Cl2O2. The van der Waals surface area contributed by atoms with E-state index in [0.717, 1.165) is 0 Å². The third-order valence-electron chi connectivity index (χ3n) is 1.23. The van der Waals surface area contributed by atoms with Crippen molar-refractivity contribution in [3.8, 4) is 0 Å². The van der Waals surface area contributed by atoms with Gasteiger partial charge in [0.05, 0.1) is 5.03 Å². The number of alkyl halides is 1. The van der Waals surface area contributed by atoms with Crippen LogP contribution in [0.25, 0.3) is 0 Å². The average Bonchev–Trinajstić information content (AvgIpc) is 1.93. The number of hydrogen-bond donors (Lipinski definition) is 0. The lowest BCUT2D eigenvalue weighted by Crippen LogP contribution is -2.27. The van der Waals surface area contributed by atoms with Crippen molar-refractivity contribution >= 4 is 34.8 Å². The summed E-state index contributed by atoms with van der Waals surface area (Å²) in [7, 11) is 0. The van der Waals surface area contributed by atoms with E-state index in [2.05, 4.69) is 0 Å². The lowest BCUT2D eigenvalue weighted by molar-refractivity contribution is -0.124. The molecule has 1 unspecified atom stereocenters. The number of carbonyl (C=O) groups is 2. The fourth-order valence-electron chi connectivity index (χ4n) is 0.662. The molecule has 0 heterocycles. The van der Waals surface area contributed by atoms with Gasteiger partial charge in [-0.2, -0.15) is 0 Å². The van der Waals surface area contributed by atoms with Gasteiger partial charge in [-0.15, -0.1) is 11.6 Å². The van der Waals surface area contributed by atoms with Gasteiger partial charge in [0, 0.05) is 6.42 Å². The molecule has 0 N–H and O–H groups in total. The Bertz CT molecular complexity index is 220. The lowest BCUT2D eigenvalue weighted by Gasteiger charge is -2.09. The molecule has 0 aliphatic heterocycles. The first-order valence-corrected chi connectivity index (χ1v) is 3.51. The lowest BCUT2D eigenvalue weighted by atomic mass is 10.0. The number of rotatable bonds is 0. The van der Waals surface area contributed by atoms with Gasteiger partial charge in [-0.3, -0.25) is 9.59 Å². The summed E-state index contributed by atoms with van der Waals surface area (Å²) in [5.41, 5.74) is 0. The van der Waals surface area contributed by atoms with Gasteiger partial charge in [0.25, 0.3) is 0 Å². The fourth-order valence-corrected chi connectivity index (χ4v) is 1.11. The highest BCUT2D eigenvalue weighted by molar-refractivity contribution is 6.54. The van der Waals surface area contributed by atoms with Crippen LogP contribution in [0.5, 0.6) is 0 Å². The van der Waals surface area contributed by atoms with Crippen molar-refractivity contribution in [2.24, 2.45) is 0 Å². The first kappa shape index (κ1) is 7.76. The van der Waals surface area contributed by atoms with Crippen molar-refractivity contribution in [1.29, 1.82) is 0 Å². The van der Waals surface area contributed by atoms with E-state index in [9.17, 15) is 9.59 Å². The summed E-state index contributed by atoms with van der Waals surface area (Å²) in [5, 5.41) is -0.989. The molecule has 0 saturated heterocycles. The highest BCUT2D eigenvalue weighted by Crippen LogP contribution is 2.18. The molecule has 0 aromatic carbocycles. The van der Waals surface area contributed by atoms with Crippen molar-refractivity contribution < 1.29 is 9.59 Å². The van der Waals surface area contributed by atoms with Crippen molar-refractivity contribution in [3.63, 3.8) is 0 Å². The van der Waals surface area contributed by atoms with E-state index in [4.69, 9.17) is 23.2 Å². The Hall–Kier alpha value is -0.340. The molecule has 0 fully saturated rings. The van der Waals surface area contributed by atoms with Gasteiger partial charge in [0.2, 0.25) is 0 Å². The van der Waals surface area contributed by atoms with Gasteiger partial charge in [-0.25, -0.2) is 0 Å². The minimum Gasteiger partial charge on any atom is -0.297 e. The van der Waals surface area contributed by atoms with Gasteiger partial charge in [0.15, 0.2) is 16.9 Å². The summed E-state index contributed by atoms with van der Waals surface area (Å²) in [4.78, 5) is 21.5. The van der Waals surface area contributed by atoms with Gasteiger partial charge < -0.3 is 0 Å². The first-order valence-electron chi connectivity index (χ1n) is 2.69. The van der Waals surface area contributed by atoms with Crippen LogP contribution in [0.2, 0.25) is 0 Å². The average molecular weight is 179 g/mol. The zero-order chi connectivity index (χ0) is 7.72. The van der Waals surface area contributed by atoms with Crippen molar-refractivity contribution in [2.75, 3.05) is 0 Å². The highest BCUT2D eigenvalue weighted by atomic mass is 35.5. The third-order valence-corrected chi connectivity index (χ3v) is 2.01. The highest BCUT2D eigenvalue weighted by Gasteiger charge is 2.28. The number of halogens is 2. The van der Waals surface area contributed by atoms with E-state index in [1.54, 1.807) is 0 Å². The van der Waals surface area contributed by atoms with Crippen molar-refractivity contribution in [1.82, 2.24) is 0 Å². The molecule has 2 nitrogen and oxygen atoms in total. The third kappa shape index (κ3) is 1.22. The maximum absolute atomic E-state index is 10.8. The maximum Gasteiger partial charge on any atom is 0.199 e. The molecule has 10 heavy (non-hydrogen) atoms. The van der Waals surface area contributed by atoms with Crippen LogP contribution in [-0.4, -0.2) is 16.9 Å². The summed E-state index contributed by atoms with van der Waals surface area (Å²) >= 11 is 10.8. The molecule has 0 amide bonds. The van der Waals surface area contributed by atoms with E-state index >= 15 is 0 Å². The van der Waals surface area contributed by atoms with E-state index in [-0.39, 0.29) is 17.2 Å². The standard InChI is InChI=1S/C6H4Cl2O2/c7-3-1-2-4(9)5(8)6(3)10/h1,5H,2H2. The minimum atomic E-state index is -1.06. The summed E-state index contributed by atoms with van der Waals surface area (Å²) in [6.07, 6.45) is 1.55. The Morgan fingerprint density at radius 2 is 2.10 bits per heavy atom. The first-order chi connectivity index (χ1) is 4.63. The van der Waals surface area contributed by atoms with Crippen LogP contribution in [0.4, 0.5) is 0 Å². The Morgan fingerprint density at radius 1 is 1.50 bits per heavy atom. The summed E-state index contributed by atoms with van der Waals surface area (Å²) in [6, 6.07) is 0. The number of ketones is 2. The largest absolute Gasteiger partial charge is 0.297 e. The number of Topliss-reactive ketones (excluding diaryl/α,β-unsaturated/α-hetero) is 2. The van der Waals surface area contributed by atoms with Gasteiger partial charge >= 0.3 is 0 Å². The quantitative estimate of drug-likeness (QED) is 0.414. The van der Waals surface area contributed by atoms with Gasteiger partial charge in [0.1, 0.15) is 0 Å². The van der Waals surface area contributed by atoms with E-state index < -0.39 is 11.2 Å². The van der Waals surface area contributed by atoms with Crippen LogP contribution < -0.4 is 0 Å². The topological polar surface area (TPSA) is 34.1 Å². The molecule has 0 spiro atoms. The Labute approximate surface area is 67.8 Å². The second-order valence-corrected chi connectivity index (χ2v) is 2.79. The molecule has 4 heteroatoms. The molecule has 1 aliphatic rings. The van der Waals surface area contributed by atoms with Gasteiger partial charge in [-0.1, -0.05) is 17.7 Å². The van der Waals surface area contributed by atoms with Crippen LogP contribution in [0.1, 0.15) is 6.42 Å². The normalized spacial score (nSPS) is 26.6. The molecule has 1 aliphatic carbocycles. The fraction of sp³-hybridized carbons (Fsp3) is 0.333. The molecular weight excluding hydrogens is 175 g/mol. The van der Waals surface area contributed by atoms with Crippen LogP contribution in [0.15, 0.2) is 11.1 Å². The molecule has 1 atom stereocenters. The van der Waals surface area contributed by atoms with Crippen molar-refractivity contribution in [3.05, 3.63) is 11.1 Å². The molecule has 54 valence electrons. The Kier molecular flexibility index (Phi) is 2.11.